The van der Waals surface area contributed by atoms with E-state index in [1.54, 1.807) is 23.0 Å². The quantitative estimate of drug-likeness (QED) is 0.412. The maximum Gasteiger partial charge on any atom is 0.257 e. The van der Waals surface area contributed by atoms with Crippen LogP contribution in [-0.2, 0) is 22.5 Å². The van der Waals surface area contributed by atoms with E-state index in [4.69, 9.17) is 9.47 Å². The van der Waals surface area contributed by atoms with Crippen LogP contribution in [-0.4, -0.2) is 100 Å². The Kier molecular flexibility index (Phi) is 11.3. The van der Waals surface area contributed by atoms with E-state index in [1.165, 1.54) is 32.1 Å². The molecule has 2 aromatic heterocycles. The molecule has 3 aromatic rings. The lowest BCUT2D eigenvalue weighted by atomic mass is 9.88. The zero-order chi connectivity index (χ0) is 31.6. The van der Waals surface area contributed by atoms with E-state index in [2.05, 4.69) is 25.5 Å². The van der Waals surface area contributed by atoms with Gasteiger partial charge in [-0.05, 0) is 55.2 Å². The van der Waals surface area contributed by atoms with Crippen molar-refractivity contribution < 1.29 is 19.1 Å². The molecule has 246 valence electrons. The molecule has 1 atom stereocenters. The number of hydrogen-bond donors (Lipinski definition) is 1. The van der Waals surface area contributed by atoms with Gasteiger partial charge < -0.3 is 24.6 Å². The first kappa shape index (κ1) is 32.1. The predicted octanol–water partition coefficient (Wildman–Crippen LogP) is 3.59. The van der Waals surface area contributed by atoms with E-state index < -0.39 is 11.9 Å². The van der Waals surface area contributed by atoms with Crippen LogP contribution in [0.25, 0.3) is 0 Å². The van der Waals surface area contributed by atoms with Crippen LogP contribution < -0.4 is 10.1 Å². The van der Waals surface area contributed by atoms with Gasteiger partial charge in [-0.1, -0.05) is 54.8 Å². The van der Waals surface area contributed by atoms with Crippen molar-refractivity contribution in [3.05, 3.63) is 71.7 Å². The second kappa shape index (κ2) is 16.1. The van der Waals surface area contributed by atoms with Crippen LogP contribution in [0.2, 0.25) is 0 Å². The van der Waals surface area contributed by atoms with Crippen LogP contribution in [0.4, 0.5) is 0 Å². The van der Waals surface area contributed by atoms with Crippen molar-refractivity contribution in [1.29, 1.82) is 0 Å². The van der Waals surface area contributed by atoms with Crippen molar-refractivity contribution in [2.75, 3.05) is 52.5 Å². The van der Waals surface area contributed by atoms with Crippen LogP contribution in [0.3, 0.4) is 0 Å². The molecule has 4 aliphatic rings. The highest BCUT2D eigenvalue weighted by molar-refractivity contribution is 5.99. The molecular weight excluding hydrogens is 582 g/mol. The SMILES string of the molecule is O=C1N[C@H](Cc2cn(Cc3ccccc3)nn2)C(=O)N2CCC(CC2)CN(CC2CCCCC2)CCOCCOc2ncccc21. The molecule has 1 saturated carbocycles. The second-order valence-corrected chi connectivity index (χ2v) is 13.0. The van der Waals surface area contributed by atoms with Gasteiger partial charge in [0.05, 0.1) is 25.5 Å². The average Bonchev–Trinajstić information content (AvgIpc) is 3.53. The highest BCUT2D eigenvalue weighted by atomic mass is 16.5. The van der Waals surface area contributed by atoms with Crippen molar-refractivity contribution in [3.8, 4) is 5.88 Å². The molecule has 3 aliphatic heterocycles. The number of rotatable bonds is 6. The molecule has 2 fully saturated rings. The molecule has 1 N–H and O–H groups in total. The number of pyridine rings is 1. The number of hydrogen-bond acceptors (Lipinski definition) is 8. The van der Waals surface area contributed by atoms with Gasteiger partial charge in [0.2, 0.25) is 11.8 Å². The normalized spacial score (nSPS) is 22.8. The van der Waals surface area contributed by atoms with Gasteiger partial charge in [0, 0.05) is 51.5 Å². The van der Waals surface area contributed by atoms with Crippen LogP contribution >= 0.6 is 0 Å². The van der Waals surface area contributed by atoms with E-state index in [9.17, 15) is 9.59 Å². The second-order valence-electron chi connectivity index (χ2n) is 13.0. The van der Waals surface area contributed by atoms with Crippen LogP contribution in [0.15, 0.2) is 54.9 Å². The molecule has 11 heteroatoms. The first-order valence-electron chi connectivity index (χ1n) is 17.0. The Balaban J connectivity index is 1.18. The first-order valence-corrected chi connectivity index (χ1v) is 17.0. The highest BCUT2D eigenvalue weighted by Crippen LogP contribution is 2.26. The maximum atomic E-state index is 14.1. The number of ether oxygens (including phenoxy) is 2. The molecule has 11 nitrogen and oxygen atoms in total. The van der Waals surface area contributed by atoms with E-state index in [0.717, 1.165) is 44.0 Å². The predicted molar refractivity (Wildman–Crippen MR) is 173 cm³/mol. The minimum absolute atomic E-state index is 0.0932. The Bertz CT molecular complexity index is 1400. The number of benzene rings is 1. The summed E-state index contributed by atoms with van der Waals surface area (Å²) in [6.45, 7) is 6.29. The molecule has 0 unspecified atom stereocenters. The fourth-order valence-corrected chi connectivity index (χ4v) is 7.01. The van der Waals surface area contributed by atoms with Gasteiger partial charge in [-0.25, -0.2) is 9.67 Å². The molecule has 46 heavy (non-hydrogen) atoms. The summed E-state index contributed by atoms with van der Waals surface area (Å²) in [4.78, 5) is 36.5. The third kappa shape index (κ3) is 8.91. The number of nitrogens with zero attached hydrogens (tertiary/aromatic N) is 6. The number of aromatic nitrogens is 4. The smallest absolute Gasteiger partial charge is 0.257 e. The lowest BCUT2D eigenvalue weighted by molar-refractivity contribution is -0.134. The molecule has 0 spiro atoms. The molecule has 7 rings (SSSR count). The van der Waals surface area contributed by atoms with E-state index in [0.29, 0.717) is 44.5 Å². The zero-order valence-corrected chi connectivity index (χ0v) is 26.8. The maximum absolute atomic E-state index is 14.1. The summed E-state index contributed by atoms with van der Waals surface area (Å²) in [6.07, 6.45) is 12.2. The van der Waals surface area contributed by atoms with Crippen molar-refractivity contribution in [1.82, 2.24) is 35.1 Å². The lowest BCUT2D eigenvalue weighted by Gasteiger charge is -2.37. The molecule has 1 aromatic carbocycles. The molecular formula is C35H47N7O4. The molecule has 0 radical (unpaired) electrons. The average molecular weight is 630 g/mol. The number of nitrogens with one attached hydrogen (secondary N) is 1. The van der Waals surface area contributed by atoms with E-state index in [1.807, 2.05) is 41.4 Å². The zero-order valence-electron chi connectivity index (χ0n) is 26.8. The Morgan fingerprint density at radius 2 is 1.72 bits per heavy atom. The first-order chi connectivity index (χ1) is 22.6. The Morgan fingerprint density at radius 3 is 2.54 bits per heavy atom. The third-order valence-electron chi connectivity index (χ3n) is 9.51. The number of amides is 2. The minimum Gasteiger partial charge on any atom is -0.475 e. The number of carbonyl (C=O) groups is 2. The van der Waals surface area contributed by atoms with Crippen molar-refractivity contribution >= 4 is 11.8 Å². The Morgan fingerprint density at radius 1 is 0.891 bits per heavy atom. The number of carbonyl (C=O) groups excluding carboxylic acids is 2. The Hall–Kier alpha value is -3.83. The largest absolute Gasteiger partial charge is 0.475 e. The third-order valence-corrected chi connectivity index (χ3v) is 9.51. The monoisotopic (exact) mass is 629 g/mol. The lowest BCUT2D eigenvalue weighted by Crippen LogP contribution is -2.52. The standard InChI is InChI=1S/C35H47N7O4/c43-33-31-12-7-15-36-34(31)46-21-20-45-19-18-40(23-27-8-3-1-4-9-27)24-29-13-16-41(17-14-29)35(44)32(37-33)22-30-26-42(39-38-30)25-28-10-5-2-6-11-28/h2,5-7,10-12,15,26-27,29,32H,1,3-4,8-9,13-14,16-25H2,(H,37,43)/t32-/m1/s1. The molecule has 2 amide bonds. The fourth-order valence-electron chi connectivity index (χ4n) is 7.01. The number of fused-ring (bicyclic) bond motifs is 12. The van der Waals surface area contributed by atoms with Crippen LogP contribution in [0, 0.1) is 11.8 Å². The van der Waals surface area contributed by atoms with Gasteiger partial charge in [-0.2, -0.15) is 0 Å². The van der Waals surface area contributed by atoms with E-state index >= 15 is 0 Å². The van der Waals surface area contributed by atoms with Gasteiger partial charge in [0.1, 0.15) is 18.2 Å². The minimum atomic E-state index is -0.802. The summed E-state index contributed by atoms with van der Waals surface area (Å²) < 4.78 is 13.7. The fraction of sp³-hybridized carbons (Fsp3) is 0.571. The van der Waals surface area contributed by atoms with Crippen LogP contribution in [0.5, 0.6) is 5.88 Å². The topological polar surface area (TPSA) is 115 Å². The number of piperidine rings is 1. The van der Waals surface area contributed by atoms with E-state index in [-0.39, 0.29) is 30.4 Å². The summed E-state index contributed by atoms with van der Waals surface area (Å²) in [5, 5.41) is 11.7. The molecule has 1 aliphatic carbocycles. The summed E-state index contributed by atoms with van der Waals surface area (Å²) in [7, 11) is 0. The highest BCUT2D eigenvalue weighted by Gasteiger charge is 2.32. The van der Waals surface area contributed by atoms with Crippen molar-refractivity contribution in [2.45, 2.75) is 64.0 Å². The summed E-state index contributed by atoms with van der Waals surface area (Å²) >= 11 is 0. The van der Waals surface area contributed by atoms with Gasteiger partial charge >= 0.3 is 0 Å². The molecule has 5 heterocycles. The Labute approximate surface area is 271 Å². The van der Waals surface area contributed by atoms with Gasteiger partial charge in [-0.15, -0.1) is 5.10 Å². The van der Waals surface area contributed by atoms with Gasteiger partial charge in [-0.3, -0.25) is 9.59 Å². The van der Waals surface area contributed by atoms with Crippen molar-refractivity contribution in [3.63, 3.8) is 0 Å². The van der Waals surface area contributed by atoms with Gasteiger partial charge in [0.15, 0.2) is 0 Å². The molecule has 1 saturated heterocycles. The van der Waals surface area contributed by atoms with Crippen molar-refractivity contribution in [2.24, 2.45) is 11.8 Å². The molecule has 2 bridgehead atoms. The summed E-state index contributed by atoms with van der Waals surface area (Å²) in [5.41, 5.74) is 2.03. The van der Waals surface area contributed by atoms with Gasteiger partial charge in [0.25, 0.3) is 5.91 Å². The summed E-state index contributed by atoms with van der Waals surface area (Å²) in [5.74, 6) is 1.01. The summed E-state index contributed by atoms with van der Waals surface area (Å²) in [6, 6.07) is 12.6. The van der Waals surface area contributed by atoms with Crippen LogP contribution in [0.1, 0.15) is 66.6 Å².